The average molecular weight is 346 g/mol. The number of esters is 1. The summed E-state index contributed by atoms with van der Waals surface area (Å²) in [6, 6.07) is 8.35. The molecule has 138 valence electrons. The lowest BCUT2D eigenvalue weighted by Crippen LogP contribution is -2.42. The van der Waals surface area contributed by atoms with Gasteiger partial charge in [0, 0.05) is 0 Å². The van der Waals surface area contributed by atoms with Gasteiger partial charge in [0.2, 0.25) is 5.91 Å². The fraction of sp³-hybridized carbons (Fsp3) is 0.600. The number of amides is 1. The molecule has 4 atom stereocenters. The topological polar surface area (TPSA) is 81.4 Å². The Kier molecular flexibility index (Phi) is 7.00. The molecule has 25 heavy (non-hydrogen) atoms. The summed E-state index contributed by atoms with van der Waals surface area (Å²) < 4.78 is 5.90. The van der Waals surface area contributed by atoms with Gasteiger partial charge in [0.25, 0.3) is 0 Å². The summed E-state index contributed by atoms with van der Waals surface area (Å²) in [6.07, 6.45) is 3.02. The molecule has 0 spiro atoms. The molecule has 3 unspecified atom stereocenters. The van der Waals surface area contributed by atoms with Crippen LogP contribution in [0.5, 0.6) is 0 Å². The summed E-state index contributed by atoms with van der Waals surface area (Å²) in [7, 11) is 0. The number of hydrogen-bond donors (Lipinski definition) is 2. The molecule has 0 aliphatic heterocycles. The Balaban J connectivity index is 2.16. The first-order chi connectivity index (χ1) is 11.9. The first-order valence-corrected chi connectivity index (χ1v) is 9.17. The summed E-state index contributed by atoms with van der Waals surface area (Å²) >= 11 is 0. The van der Waals surface area contributed by atoms with Crippen molar-refractivity contribution in [3.8, 4) is 0 Å². The number of rotatable bonds is 6. The van der Waals surface area contributed by atoms with Crippen molar-refractivity contribution in [1.82, 2.24) is 5.32 Å². The van der Waals surface area contributed by atoms with E-state index in [1.54, 1.807) is 0 Å². The standard InChI is InChI=1S/C20H30N2O3/c1-13(2)16-10-9-14(3)11-17(16)25-20(24)19(22-18(23)12-21)15-7-5-4-6-8-15/h4-8,13-14,16-17,19H,9-12,21H2,1-3H3,(H,22,23)/t14?,16-,17?,19?/m0/s1. The molecule has 1 amide bonds. The zero-order valence-electron chi connectivity index (χ0n) is 15.4. The molecule has 1 aliphatic carbocycles. The third-order valence-corrected chi connectivity index (χ3v) is 5.09. The van der Waals surface area contributed by atoms with Crippen LogP contribution in [0.25, 0.3) is 0 Å². The molecule has 0 bridgehead atoms. The molecule has 0 saturated heterocycles. The predicted molar refractivity (Wildman–Crippen MR) is 97.6 cm³/mol. The Morgan fingerprint density at radius 1 is 1.24 bits per heavy atom. The van der Waals surface area contributed by atoms with Crippen molar-refractivity contribution in [2.45, 2.75) is 52.2 Å². The molecular weight excluding hydrogens is 316 g/mol. The second kappa shape index (κ2) is 8.99. The van der Waals surface area contributed by atoms with Crippen LogP contribution in [0.15, 0.2) is 30.3 Å². The van der Waals surface area contributed by atoms with Crippen molar-refractivity contribution >= 4 is 11.9 Å². The number of hydrogen-bond acceptors (Lipinski definition) is 4. The maximum Gasteiger partial charge on any atom is 0.333 e. The number of ether oxygens (including phenoxy) is 1. The Morgan fingerprint density at radius 3 is 2.52 bits per heavy atom. The van der Waals surface area contributed by atoms with Crippen LogP contribution < -0.4 is 11.1 Å². The molecule has 1 aliphatic rings. The fourth-order valence-electron chi connectivity index (χ4n) is 3.61. The highest BCUT2D eigenvalue weighted by Crippen LogP contribution is 2.36. The number of carbonyl (C=O) groups excluding carboxylic acids is 2. The number of benzene rings is 1. The van der Waals surface area contributed by atoms with Crippen molar-refractivity contribution in [3.63, 3.8) is 0 Å². The minimum absolute atomic E-state index is 0.0998. The highest BCUT2D eigenvalue weighted by molar-refractivity contribution is 5.86. The summed E-state index contributed by atoms with van der Waals surface area (Å²) in [5.74, 6) is 0.587. The Hall–Kier alpha value is -1.88. The van der Waals surface area contributed by atoms with E-state index in [1.165, 1.54) is 6.42 Å². The van der Waals surface area contributed by atoms with Crippen LogP contribution in [0.2, 0.25) is 0 Å². The lowest BCUT2D eigenvalue weighted by Gasteiger charge is -2.37. The SMILES string of the molecule is CC1CC[C@@H](C(C)C)C(OC(=O)C(NC(=O)CN)c2ccccc2)C1. The quantitative estimate of drug-likeness (QED) is 0.776. The second-order valence-corrected chi connectivity index (χ2v) is 7.42. The summed E-state index contributed by atoms with van der Waals surface area (Å²) in [5, 5.41) is 2.69. The van der Waals surface area contributed by atoms with Crippen LogP contribution in [0, 0.1) is 17.8 Å². The Morgan fingerprint density at radius 2 is 1.92 bits per heavy atom. The van der Waals surface area contributed by atoms with Crippen LogP contribution in [0.1, 0.15) is 51.6 Å². The first-order valence-electron chi connectivity index (χ1n) is 9.17. The average Bonchev–Trinajstić information content (AvgIpc) is 2.59. The predicted octanol–water partition coefficient (Wildman–Crippen LogP) is 2.81. The van der Waals surface area contributed by atoms with Gasteiger partial charge in [-0.05, 0) is 36.2 Å². The molecule has 1 fully saturated rings. The van der Waals surface area contributed by atoms with Crippen molar-refractivity contribution in [2.24, 2.45) is 23.5 Å². The zero-order chi connectivity index (χ0) is 18.4. The van der Waals surface area contributed by atoms with E-state index >= 15 is 0 Å². The highest BCUT2D eigenvalue weighted by Gasteiger charge is 2.35. The Labute approximate surface area is 150 Å². The van der Waals surface area contributed by atoms with Gasteiger partial charge < -0.3 is 15.8 Å². The number of nitrogens with two attached hydrogens (primary N) is 1. The molecule has 0 radical (unpaired) electrons. The molecule has 5 heteroatoms. The van der Waals surface area contributed by atoms with E-state index < -0.39 is 12.0 Å². The van der Waals surface area contributed by atoms with E-state index in [4.69, 9.17) is 10.5 Å². The minimum Gasteiger partial charge on any atom is -0.460 e. The van der Waals surface area contributed by atoms with E-state index in [-0.39, 0.29) is 18.6 Å². The van der Waals surface area contributed by atoms with Gasteiger partial charge in [-0.1, -0.05) is 57.5 Å². The number of nitrogens with one attached hydrogen (secondary N) is 1. The lowest BCUT2D eigenvalue weighted by atomic mass is 9.75. The van der Waals surface area contributed by atoms with Crippen LogP contribution in [-0.4, -0.2) is 24.5 Å². The van der Waals surface area contributed by atoms with Crippen molar-refractivity contribution in [2.75, 3.05) is 6.54 Å². The molecule has 1 aromatic rings. The molecule has 0 aromatic heterocycles. The monoisotopic (exact) mass is 346 g/mol. The lowest BCUT2D eigenvalue weighted by molar-refractivity contribution is -0.159. The van der Waals surface area contributed by atoms with Gasteiger partial charge in [0.1, 0.15) is 6.10 Å². The maximum absolute atomic E-state index is 12.9. The van der Waals surface area contributed by atoms with Gasteiger partial charge in [-0.2, -0.15) is 0 Å². The fourth-order valence-corrected chi connectivity index (χ4v) is 3.61. The Bertz CT molecular complexity index is 574. The molecule has 3 N–H and O–H groups in total. The first kappa shape index (κ1) is 19.4. The maximum atomic E-state index is 12.9. The zero-order valence-corrected chi connectivity index (χ0v) is 15.4. The smallest absolute Gasteiger partial charge is 0.333 e. The second-order valence-electron chi connectivity index (χ2n) is 7.42. The molecule has 0 heterocycles. The molecule has 1 saturated carbocycles. The largest absolute Gasteiger partial charge is 0.460 e. The van der Waals surface area contributed by atoms with Crippen molar-refractivity contribution < 1.29 is 14.3 Å². The normalized spacial score (nSPS) is 24.6. The molecule has 1 aromatic carbocycles. The van der Waals surface area contributed by atoms with Crippen molar-refractivity contribution in [1.29, 1.82) is 0 Å². The van der Waals surface area contributed by atoms with Gasteiger partial charge in [-0.3, -0.25) is 4.79 Å². The highest BCUT2D eigenvalue weighted by atomic mass is 16.5. The minimum atomic E-state index is -0.817. The third kappa shape index (κ3) is 5.30. The summed E-state index contributed by atoms with van der Waals surface area (Å²) in [5.41, 5.74) is 6.11. The number of carbonyl (C=O) groups is 2. The van der Waals surface area contributed by atoms with Crippen LogP contribution in [0.3, 0.4) is 0 Å². The van der Waals surface area contributed by atoms with Crippen molar-refractivity contribution in [3.05, 3.63) is 35.9 Å². The third-order valence-electron chi connectivity index (χ3n) is 5.09. The molecule has 5 nitrogen and oxygen atoms in total. The van der Waals surface area contributed by atoms with Crippen LogP contribution in [0.4, 0.5) is 0 Å². The van der Waals surface area contributed by atoms with Gasteiger partial charge >= 0.3 is 5.97 Å². The summed E-state index contributed by atoms with van der Waals surface area (Å²) in [6.45, 7) is 6.38. The van der Waals surface area contributed by atoms with Gasteiger partial charge in [-0.15, -0.1) is 0 Å². The van der Waals surface area contributed by atoms with E-state index in [9.17, 15) is 9.59 Å². The van der Waals surface area contributed by atoms with Gasteiger partial charge in [0.05, 0.1) is 6.54 Å². The van der Waals surface area contributed by atoms with E-state index in [0.29, 0.717) is 23.3 Å². The summed E-state index contributed by atoms with van der Waals surface area (Å²) in [4.78, 5) is 24.6. The van der Waals surface area contributed by atoms with E-state index in [1.807, 2.05) is 30.3 Å². The van der Waals surface area contributed by atoms with E-state index in [2.05, 4.69) is 26.1 Å². The van der Waals surface area contributed by atoms with Crippen LogP contribution in [-0.2, 0) is 14.3 Å². The van der Waals surface area contributed by atoms with E-state index in [0.717, 1.165) is 12.8 Å². The molecule has 2 rings (SSSR count). The molecular formula is C20H30N2O3. The van der Waals surface area contributed by atoms with Crippen LogP contribution >= 0.6 is 0 Å². The van der Waals surface area contributed by atoms with Gasteiger partial charge in [-0.25, -0.2) is 4.79 Å². The van der Waals surface area contributed by atoms with Gasteiger partial charge in [0.15, 0.2) is 6.04 Å².